The first-order valence-electron chi connectivity index (χ1n) is 6.75. The van der Waals surface area contributed by atoms with E-state index < -0.39 is 10.2 Å². The molecule has 0 aliphatic carbocycles. The molecule has 2 aliphatic heterocycles. The fourth-order valence-electron chi connectivity index (χ4n) is 2.63. The van der Waals surface area contributed by atoms with Gasteiger partial charge >= 0.3 is 0 Å². The molecular weight excluding hydrogens is 278 g/mol. The van der Waals surface area contributed by atoms with Gasteiger partial charge in [-0.05, 0) is 24.5 Å². The molecule has 1 aromatic rings. The van der Waals surface area contributed by atoms with E-state index in [0.29, 0.717) is 18.7 Å². The monoisotopic (exact) mass is 295 g/mol. The molecule has 108 valence electrons. The minimum Gasteiger partial charge on any atom is -0.268 e. The lowest BCUT2D eigenvalue weighted by atomic mass is 10.1. The SMILES string of the molecule is O=C1c2ccccc2CN1NS(=O)(=O)N1CCCCC1. The Morgan fingerprint density at radius 3 is 2.45 bits per heavy atom. The molecule has 2 heterocycles. The zero-order chi connectivity index (χ0) is 14.2. The molecule has 20 heavy (non-hydrogen) atoms. The number of fused-ring (bicyclic) bond motifs is 1. The van der Waals surface area contributed by atoms with Crippen molar-refractivity contribution < 1.29 is 13.2 Å². The largest absolute Gasteiger partial charge is 0.296 e. The number of hydrazine groups is 1. The van der Waals surface area contributed by atoms with Gasteiger partial charge in [0, 0.05) is 18.7 Å². The number of rotatable bonds is 3. The number of hydrogen-bond acceptors (Lipinski definition) is 3. The van der Waals surface area contributed by atoms with Crippen LogP contribution in [0.1, 0.15) is 35.2 Å². The van der Waals surface area contributed by atoms with Crippen LogP contribution in [0.5, 0.6) is 0 Å². The summed E-state index contributed by atoms with van der Waals surface area (Å²) >= 11 is 0. The van der Waals surface area contributed by atoms with E-state index in [4.69, 9.17) is 0 Å². The molecule has 0 unspecified atom stereocenters. The van der Waals surface area contributed by atoms with E-state index in [2.05, 4.69) is 4.83 Å². The Kier molecular flexibility index (Phi) is 3.49. The Bertz CT molecular complexity index is 624. The van der Waals surface area contributed by atoms with Gasteiger partial charge in [0.2, 0.25) is 0 Å². The van der Waals surface area contributed by atoms with Gasteiger partial charge in [-0.2, -0.15) is 12.7 Å². The van der Waals surface area contributed by atoms with Crippen LogP contribution in [0.25, 0.3) is 0 Å². The highest BCUT2D eigenvalue weighted by Gasteiger charge is 2.32. The normalized spacial score (nSPS) is 20.2. The molecule has 0 aromatic heterocycles. The lowest BCUT2D eigenvalue weighted by molar-refractivity contribution is 0.0736. The van der Waals surface area contributed by atoms with Gasteiger partial charge in [-0.25, -0.2) is 0 Å². The maximum atomic E-state index is 12.3. The van der Waals surface area contributed by atoms with E-state index in [-0.39, 0.29) is 12.5 Å². The fraction of sp³-hybridized carbons (Fsp3) is 0.462. The number of carbonyl (C=O) groups is 1. The van der Waals surface area contributed by atoms with Crippen molar-refractivity contribution in [1.82, 2.24) is 14.1 Å². The summed E-state index contributed by atoms with van der Waals surface area (Å²) in [5, 5.41) is 1.18. The summed E-state index contributed by atoms with van der Waals surface area (Å²) in [6, 6.07) is 7.17. The lowest BCUT2D eigenvalue weighted by Crippen LogP contribution is -2.50. The molecule has 0 spiro atoms. The van der Waals surface area contributed by atoms with Gasteiger partial charge in [-0.15, -0.1) is 4.83 Å². The molecule has 6 nitrogen and oxygen atoms in total. The van der Waals surface area contributed by atoms with Gasteiger partial charge < -0.3 is 0 Å². The Hall–Kier alpha value is -1.44. The molecule has 1 aromatic carbocycles. The first-order chi connectivity index (χ1) is 9.58. The molecule has 0 atom stereocenters. The molecule has 0 bridgehead atoms. The number of hydrogen-bond donors (Lipinski definition) is 1. The standard InChI is InChI=1S/C13H17N3O3S/c17-13-12-7-3-2-6-11(12)10-16(13)14-20(18,19)15-8-4-1-5-9-15/h2-3,6-7,14H,1,4-5,8-10H2. The molecule has 0 saturated carbocycles. The van der Waals surface area contributed by atoms with E-state index in [1.165, 1.54) is 9.31 Å². The molecule has 0 radical (unpaired) electrons. The van der Waals surface area contributed by atoms with Crippen LogP contribution in [0, 0.1) is 0 Å². The summed E-state index contributed by atoms with van der Waals surface area (Å²) in [7, 11) is -3.63. The van der Waals surface area contributed by atoms with E-state index in [1.807, 2.05) is 12.1 Å². The van der Waals surface area contributed by atoms with E-state index >= 15 is 0 Å². The molecule has 1 N–H and O–H groups in total. The maximum absolute atomic E-state index is 12.3. The highest BCUT2D eigenvalue weighted by molar-refractivity contribution is 7.87. The maximum Gasteiger partial charge on any atom is 0.296 e. The van der Waals surface area contributed by atoms with Crippen molar-refractivity contribution in [2.75, 3.05) is 13.1 Å². The number of piperidine rings is 1. The van der Waals surface area contributed by atoms with Gasteiger partial charge in [-0.1, -0.05) is 24.6 Å². The third-order valence-electron chi connectivity index (χ3n) is 3.70. The van der Waals surface area contributed by atoms with Crippen molar-refractivity contribution in [2.45, 2.75) is 25.8 Å². The molecule has 1 saturated heterocycles. The van der Waals surface area contributed by atoms with Crippen LogP contribution in [0.15, 0.2) is 24.3 Å². The smallest absolute Gasteiger partial charge is 0.268 e. The van der Waals surface area contributed by atoms with E-state index in [1.54, 1.807) is 12.1 Å². The molecule has 1 fully saturated rings. The second kappa shape index (κ2) is 5.16. The third-order valence-corrected chi connectivity index (χ3v) is 5.20. The predicted octanol–water partition coefficient (Wildman–Crippen LogP) is 0.878. The average Bonchev–Trinajstić information content (AvgIpc) is 2.76. The highest BCUT2D eigenvalue weighted by atomic mass is 32.2. The minimum absolute atomic E-state index is 0.280. The van der Waals surface area contributed by atoms with Crippen molar-refractivity contribution in [1.29, 1.82) is 0 Å². The second-order valence-electron chi connectivity index (χ2n) is 5.10. The van der Waals surface area contributed by atoms with Crippen molar-refractivity contribution in [2.24, 2.45) is 0 Å². The Morgan fingerprint density at radius 1 is 1.05 bits per heavy atom. The third kappa shape index (κ3) is 2.44. The Labute approximate surface area is 118 Å². The first-order valence-corrected chi connectivity index (χ1v) is 8.19. The average molecular weight is 295 g/mol. The summed E-state index contributed by atoms with van der Waals surface area (Å²) in [5.74, 6) is -0.291. The van der Waals surface area contributed by atoms with Crippen LogP contribution in [0.4, 0.5) is 0 Å². The van der Waals surface area contributed by atoms with Gasteiger partial charge in [-0.3, -0.25) is 9.80 Å². The zero-order valence-electron chi connectivity index (χ0n) is 11.1. The van der Waals surface area contributed by atoms with Crippen molar-refractivity contribution in [3.05, 3.63) is 35.4 Å². The Balaban J connectivity index is 1.75. The molecule has 2 aliphatic rings. The summed E-state index contributed by atoms with van der Waals surface area (Å²) in [4.78, 5) is 14.5. The molecule has 7 heteroatoms. The number of nitrogens with zero attached hydrogens (tertiary/aromatic N) is 2. The number of carbonyl (C=O) groups excluding carboxylic acids is 1. The number of nitrogens with one attached hydrogen (secondary N) is 1. The van der Waals surface area contributed by atoms with E-state index in [0.717, 1.165) is 24.8 Å². The molecule has 1 amide bonds. The van der Waals surface area contributed by atoms with Gasteiger partial charge in [0.1, 0.15) is 0 Å². The summed E-state index contributed by atoms with van der Waals surface area (Å²) < 4.78 is 25.9. The zero-order valence-corrected chi connectivity index (χ0v) is 11.9. The van der Waals surface area contributed by atoms with Gasteiger partial charge in [0.25, 0.3) is 16.1 Å². The number of benzene rings is 1. The van der Waals surface area contributed by atoms with Crippen LogP contribution < -0.4 is 4.83 Å². The summed E-state index contributed by atoms with van der Waals surface area (Å²) in [6.45, 7) is 1.32. The van der Waals surface area contributed by atoms with E-state index in [9.17, 15) is 13.2 Å². The quantitative estimate of drug-likeness (QED) is 0.900. The second-order valence-corrected chi connectivity index (χ2v) is 6.75. The van der Waals surface area contributed by atoms with Crippen LogP contribution in [-0.2, 0) is 16.8 Å². The van der Waals surface area contributed by atoms with Crippen molar-refractivity contribution in [3.8, 4) is 0 Å². The van der Waals surface area contributed by atoms with Gasteiger partial charge in [0.05, 0.1) is 6.54 Å². The predicted molar refractivity (Wildman–Crippen MR) is 73.8 cm³/mol. The molecule has 3 rings (SSSR count). The van der Waals surface area contributed by atoms with Crippen LogP contribution in [-0.4, -0.2) is 36.7 Å². The van der Waals surface area contributed by atoms with Gasteiger partial charge in [0.15, 0.2) is 0 Å². The Morgan fingerprint density at radius 2 is 1.75 bits per heavy atom. The number of amides is 1. The van der Waals surface area contributed by atoms with Crippen molar-refractivity contribution in [3.63, 3.8) is 0 Å². The lowest BCUT2D eigenvalue weighted by Gasteiger charge is -2.28. The first kappa shape index (κ1) is 13.5. The minimum atomic E-state index is -3.63. The van der Waals surface area contributed by atoms with Crippen molar-refractivity contribution >= 4 is 16.1 Å². The summed E-state index contributed by atoms with van der Waals surface area (Å²) in [6.07, 6.45) is 2.80. The van der Waals surface area contributed by atoms with Crippen LogP contribution >= 0.6 is 0 Å². The highest BCUT2D eigenvalue weighted by Crippen LogP contribution is 2.21. The van der Waals surface area contributed by atoms with Crippen LogP contribution in [0.3, 0.4) is 0 Å². The van der Waals surface area contributed by atoms with Crippen LogP contribution in [0.2, 0.25) is 0 Å². The topological polar surface area (TPSA) is 69.7 Å². The fourth-order valence-corrected chi connectivity index (χ4v) is 3.91. The summed E-state index contributed by atoms with van der Waals surface area (Å²) in [5.41, 5.74) is 1.41. The molecular formula is C13H17N3O3S.